The molecule has 5 N–H and O–H groups in total. The number of hydrogen-bond acceptors (Lipinski definition) is 4. The molecule has 1 saturated carbocycles. The number of nitrogens with one attached hydrogen (secondary N) is 4. The van der Waals surface area contributed by atoms with Crippen LogP contribution < -0.4 is 21.3 Å². The van der Waals surface area contributed by atoms with Gasteiger partial charge in [-0.25, -0.2) is 4.79 Å². The van der Waals surface area contributed by atoms with Gasteiger partial charge in [-0.2, -0.15) is 0 Å². The number of carbonyl (C=O) groups excluding carboxylic acids is 1. The molecular weight excluding hydrogens is 388 g/mol. The van der Waals surface area contributed by atoms with E-state index in [2.05, 4.69) is 27.3 Å². The highest BCUT2D eigenvalue weighted by molar-refractivity contribution is 5.94. The molecule has 1 heterocycles. The molecule has 3 aliphatic rings. The van der Waals surface area contributed by atoms with Gasteiger partial charge in [0.05, 0.1) is 17.1 Å². The second kappa shape index (κ2) is 8.08. The summed E-state index contributed by atoms with van der Waals surface area (Å²) in [6, 6.07) is 12.0. The van der Waals surface area contributed by atoms with E-state index in [9.17, 15) is 9.90 Å². The van der Waals surface area contributed by atoms with Crippen molar-refractivity contribution in [1.29, 1.82) is 0 Å². The van der Waals surface area contributed by atoms with Crippen LogP contribution in [0.4, 0.5) is 21.9 Å². The van der Waals surface area contributed by atoms with Crippen LogP contribution in [0.15, 0.2) is 36.4 Å². The summed E-state index contributed by atoms with van der Waals surface area (Å²) in [5.41, 5.74) is 5.04. The van der Waals surface area contributed by atoms with Crippen LogP contribution in [0.2, 0.25) is 0 Å². The number of phenolic OH excluding ortho intramolecular Hbond substituents is 1. The second-order valence-corrected chi connectivity index (χ2v) is 9.20. The van der Waals surface area contributed by atoms with Gasteiger partial charge in [-0.15, -0.1) is 0 Å². The van der Waals surface area contributed by atoms with Crippen LogP contribution in [0, 0.1) is 5.92 Å². The van der Waals surface area contributed by atoms with Crippen LogP contribution >= 0.6 is 0 Å². The average Bonchev–Trinajstić information content (AvgIpc) is 2.76. The number of fused-ring (bicyclic) bond motifs is 1. The third-order valence-corrected chi connectivity index (χ3v) is 7.54. The Bertz CT molecular complexity index is 987. The molecule has 2 bridgehead atoms. The number of urea groups is 1. The first-order chi connectivity index (χ1) is 15.1. The quantitative estimate of drug-likeness (QED) is 0.467. The van der Waals surface area contributed by atoms with Crippen LogP contribution in [0.1, 0.15) is 50.2 Å². The lowest BCUT2D eigenvalue weighted by atomic mass is 9.53. The number of phenols is 1. The fraction of sp³-hybridized carbons (Fsp3) is 0.480. The molecule has 31 heavy (non-hydrogen) atoms. The van der Waals surface area contributed by atoms with E-state index in [1.54, 1.807) is 0 Å². The first kappa shape index (κ1) is 20.2. The molecular formula is C25H32N4O2. The van der Waals surface area contributed by atoms with Crippen molar-refractivity contribution < 1.29 is 9.90 Å². The molecule has 0 aromatic heterocycles. The summed E-state index contributed by atoms with van der Waals surface area (Å²) in [5, 5.41) is 23.8. The van der Waals surface area contributed by atoms with E-state index in [-0.39, 0.29) is 17.2 Å². The Labute approximate surface area is 183 Å². The van der Waals surface area contributed by atoms with Crippen molar-refractivity contribution in [2.75, 3.05) is 23.7 Å². The van der Waals surface area contributed by atoms with E-state index in [0.717, 1.165) is 25.1 Å². The van der Waals surface area contributed by atoms with Gasteiger partial charge >= 0.3 is 6.03 Å². The lowest BCUT2D eigenvalue weighted by Gasteiger charge is -2.56. The fourth-order valence-electron chi connectivity index (χ4n) is 6.25. The molecule has 2 aliphatic carbocycles. The topological polar surface area (TPSA) is 85.4 Å². The molecule has 0 unspecified atom stereocenters. The van der Waals surface area contributed by atoms with E-state index in [1.807, 2.05) is 37.3 Å². The number of rotatable bonds is 4. The lowest BCUT2D eigenvalue weighted by molar-refractivity contribution is 0.0796. The normalized spacial score (nSPS) is 26.4. The predicted molar refractivity (Wildman–Crippen MR) is 124 cm³/mol. The summed E-state index contributed by atoms with van der Waals surface area (Å²) in [7, 11) is 0. The third kappa shape index (κ3) is 3.53. The SMILES string of the molecule is CCNC(=O)Nc1ccccc1Nc1cc2c(cc1O)[C@]13CCCC[C@@H]1[C@H](C2)NCC3. The molecule has 3 atom stereocenters. The Morgan fingerprint density at radius 1 is 1.16 bits per heavy atom. The summed E-state index contributed by atoms with van der Waals surface area (Å²) in [5.74, 6) is 0.963. The Morgan fingerprint density at radius 3 is 2.84 bits per heavy atom. The summed E-state index contributed by atoms with van der Waals surface area (Å²) >= 11 is 0. The van der Waals surface area contributed by atoms with Crippen molar-refractivity contribution >= 4 is 23.1 Å². The zero-order chi connectivity index (χ0) is 21.4. The van der Waals surface area contributed by atoms with Crippen molar-refractivity contribution in [2.24, 2.45) is 5.92 Å². The highest BCUT2D eigenvalue weighted by Crippen LogP contribution is 2.55. The maximum atomic E-state index is 12.0. The van der Waals surface area contributed by atoms with E-state index >= 15 is 0 Å². The van der Waals surface area contributed by atoms with Crippen LogP contribution in [0.5, 0.6) is 5.75 Å². The summed E-state index contributed by atoms with van der Waals surface area (Å²) < 4.78 is 0. The molecule has 5 rings (SSSR count). The number of anilines is 3. The Balaban J connectivity index is 1.48. The van der Waals surface area contributed by atoms with Gasteiger partial charge in [0.1, 0.15) is 5.75 Å². The largest absolute Gasteiger partial charge is 0.506 e. The van der Waals surface area contributed by atoms with Crippen LogP contribution in [0.3, 0.4) is 0 Å². The number of carbonyl (C=O) groups is 1. The monoisotopic (exact) mass is 420 g/mol. The molecule has 0 radical (unpaired) electrons. The first-order valence-electron chi connectivity index (χ1n) is 11.6. The third-order valence-electron chi connectivity index (χ3n) is 7.54. The summed E-state index contributed by atoms with van der Waals surface area (Å²) in [4.78, 5) is 12.0. The maximum Gasteiger partial charge on any atom is 0.319 e. The minimum Gasteiger partial charge on any atom is -0.506 e. The van der Waals surface area contributed by atoms with E-state index < -0.39 is 0 Å². The number of piperidine rings is 1. The van der Waals surface area contributed by atoms with Gasteiger partial charge < -0.3 is 26.4 Å². The number of aromatic hydroxyl groups is 1. The van der Waals surface area contributed by atoms with E-state index in [1.165, 1.54) is 36.8 Å². The lowest BCUT2D eigenvalue weighted by Crippen LogP contribution is -2.59. The molecule has 2 fully saturated rings. The minimum atomic E-state index is -0.243. The van der Waals surface area contributed by atoms with Gasteiger partial charge in [0, 0.05) is 18.0 Å². The molecule has 0 spiro atoms. The summed E-state index contributed by atoms with van der Waals surface area (Å²) in [6.45, 7) is 3.51. The smallest absolute Gasteiger partial charge is 0.319 e. The van der Waals surface area contributed by atoms with Gasteiger partial charge in [0.25, 0.3) is 0 Å². The highest BCUT2D eigenvalue weighted by Gasteiger charge is 2.51. The van der Waals surface area contributed by atoms with E-state index in [4.69, 9.17) is 0 Å². The highest BCUT2D eigenvalue weighted by atomic mass is 16.3. The van der Waals surface area contributed by atoms with Crippen LogP contribution in [0.25, 0.3) is 0 Å². The maximum absolute atomic E-state index is 12.0. The fourth-order valence-corrected chi connectivity index (χ4v) is 6.25. The van der Waals surface area contributed by atoms with Crippen molar-refractivity contribution in [2.45, 2.75) is 56.9 Å². The zero-order valence-electron chi connectivity index (χ0n) is 18.1. The number of hydrogen-bond donors (Lipinski definition) is 5. The molecule has 164 valence electrons. The Morgan fingerprint density at radius 2 is 2.00 bits per heavy atom. The molecule has 1 aliphatic heterocycles. The van der Waals surface area contributed by atoms with Gasteiger partial charge in [-0.3, -0.25) is 0 Å². The number of benzene rings is 2. The summed E-state index contributed by atoms with van der Waals surface area (Å²) in [6.07, 6.45) is 7.29. The molecule has 2 aromatic rings. The van der Waals surface area contributed by atoms with Crippen molar-refractivity contribution in [3.63, 3.8) is 0 Å². The van der Waals surface area contributed by atoms with Gasteiger partial charge in [0.15, 0.2) is 0 Å². The van der Waals surface area contributed by atoms with E-state index in [0.29, 0.717) is 29.9 Å². The van der Waals surface area contributed by atoms with Crippen LogP contribution in [-0.4, -0.2) is 30.3 Å². The molecule has 6 heteroatoms. The second-order valence-electron chi connectivity index (χ2n) is 9.20. The van der Waals surface area contributed by atoms with Gasteiger partial charge in [-0.05, 0) is 80.5 Å². The van der Waals surface area contributed by atoms with Gasteiger partial charge in [0.2, 0.25) is 0 Å². The molecule has 6 nitrogen and oxygen atoms in total. The molecule has 2 amide bonds. The predicted octanol–water partition coefficient (Wildman–Crippen LogP) is 4.62. The van der Waals surface area contributed by atoms with Gasteiger partial charge in [-0.1, -0.05) is 25.0 Å². The molecule has 1 saturated heterocycles. The zero-order valence-corrected chi connectivity index (χ0v) is 18.1. The number of para-hydroxylation sites is 2. The van der Waals surface area contributed by atoms with Crippen molar-refractivity contribution in [3.8, 4) is 5.75 Å². The Kier molecular flexibility index (Phi) is 5.26. The Hall–Kier alpha value is -2.73. The standard InChI is InChI=1S/C25H32N4O2/c1-2-26-24(31)29-20-9-4-3-8-19(20)28-22-14-16-13-21-17-7-5-6-10-25(17,11-12-27-21)18(16)15-23(22)30/h3-4,8-9,14-15,17,21,27-28,30H,2,5-7,10-13H2,1H3,(H2,26,29,31)/t17-,21+,25+/m1/s1. The van der Waals surface area contributed by atoms with Crippen molar-refractivity contribution in [1.82, 2.24) is 10.6 Å². The minimum absolute atomic E-state index is 0.218. The van der Waals surface area contributed by atoms with Crippen LogP contribution in [-0.2, 0) is 11.8 Å². The first-order valence-corrected chi connectivity index (χ1v) is 11.6. The number of amides is 2. The molecule has 2 aromatic carbocycles. The average molecular weight is 421 g/mol. The van der Waals surface area contributed by atoms with Crippen molar-refractivity contribution in [3.05, 3.63) is 47.5 Å².